The van der Waals surface area contributed by atoms with Gasteiger partial charge in [0.25, 0.3) is 11.7 Å². The summed E-state index contributed by atoms with van der Waals surface area (Å²) in [5, 5.41) is 10.4. The quantitative estimate of drug-likeness (QED) is 0.538. The molecule has 0 aliphatic heterocycles. The van der Waals surface area contributed by atoms with Gasteiger partial charge in [-0.3, -0.25) is 4.79 Å². The van der Waals surface area contributed by atoms with Gasteiger partial charge in [-0.25, -0.2) is 9.37 Å². The monoisotopic (exact) mass is 390 g/mol. The molecular weight excluding hydrogens is 371 g/mol. The fourth-order valence-electron chi connectivity index (χ4n) is 3.00. The van der Waals surface area contributed by atoms with Crippen molar-refractivity contribution >= 4 is 23.2 Å². The molecule has 8 heteroatoms. The van der Waals surface area contributed by atoms with Crippen LogP contribution < -0.4 is 10.6 Å². The number of carbonyl (C=O) groups is 1. The van der Waals surface area contributed by atoms with Crippen LogP contribution in [0.15, 0.2) is 60.9 Å². The van der Waals surface area contributed by atoms with E-state index in [4.69, 9.17) is 0 Å². The number of benzene rings is 2. The number of halogens is 1. The molecule has 2 aromatic heterocycles. The summed E-state index contributed by atoms with van der Waals surface area (Å²) in [5.41, 5.74) is 2.94. The zero-order chi connectivity index (χ0) is 20.4. The lowest BCUT2D eigenvalue weighted by Crippen LogP contribution is -2.13. The van der Waals surface area contributed by atoms with Gasteiger partial charge in [0.05, 0.1) is 0 Å². The predicted octanol–water partition coefficient (Wildman–Crippen LogP) is 4.00. The van der Waals surface area contributed by atoms with E-state index in [1.54, 1.807) is 4.52 Å². The molecule has 4 rings (SSSR count). The molecule has 0 saturated heterocycles. The molecule has 1 atom stereocenters. The second kappa shape index (κ2) is 7.67. The molecule has 0 radical (unpaired) electrons. The van der Waals surface area contributed by atoms with Gasteiger partial charge in [0, 0.05) is 29.1 Å². The van der Waals surface area contributed by atoms with Crippen LogP contribution in [-0.2, 0) is 0 Å². The number of hydrogen-bond donors (Lipinski definition) is 2. The number of rotatable bonds is 5. The van der Waals surface area contributed by atoms with E-state index in [1.807, 2.05) is 44.2 Å². The maximum Gasteiger partial charge on any atom is 0.255 e. The summed E-state index contributed by atoms with van der Waals surface area (Å²) in [6.45, 7) is 3.94. The highest BCUT2D eigenvalue weighted by Crippen LogP contribution is 2.22. The molecule has 2 aromatic carbocycles. The molecule has 0 spiro atoms. The third-order valence-corrected chi connectivity index (χ3v) is 4.52. The first-order valence-electron chi connectivity index (χ1n) is 9.10. The Balaban J connectivity index is 1.46. The minimum atomic E-state index is -0.375. The molecule has 1 unspecified atom stereocenters. The molecule has 1 amide bonds. The number of nitrogens with one attached hydrogen (secondary N) is 2. The van der Waals surface area contributed by atoms with Gasteiger partial charge < -0.3 is 10.6 Å². The average molecular weight is 390 g/mol. The highest BCUT2D eigenvalue weighted by atomic mass is 19.1. The van der Waals surface area contributed by atoms with Crippen molar-refractivity contribution < 1.29 is 9.18 Å². The number of nitrogens with zero attached hydrogens (tertiary/aromatic N) is 4. The Morgan fingerprint density at radius 2 is 1.83 bits per heavy atom. The van der Waals surface area contributed by atoms with Crippen molar-refractivity contribution in [3.63, 3.8) is 0 Å². The van der Waals surface area contributed by atoms with E-state index in [1.165, 1.54) is 30.6 Å². The van der Waals surface area contributed by atoms with Crippen molar-refractivity contribution in [2.45, 2.75) is 19.9 Å². The molecule has 4 aromatic rings. The van der Waals surface area contributed by atoms with Crippen LogP contribution >= 0.6 is 0 Å². The van der Waals surface area contributed by atoms with Crippen LogP contribution in [0.25, 0.3) is 5.78 Å². The highest BCUT2D eigenvalue weighted by Gasteiger charge is 2.11. The lowest BCUT2D eigenvalue weighted by atomic mass is 10.1. The highest BCUT2D eigenvalue weighted by molar-refractivity contribution is 6.04. The number of anilines is 2. The van der Waals surface area contributed by atoms with E-state index in [0.29, 0.717) is 17.0 Å². The zero-order valence-corrected chi connectivity index (χ0v) is 15.9. The Morgan fingerprint density at radius 1 is 1.10 bits per heavy atom. The Morgan fingerprint density at radius 3 is 2.55 bits per heavy atom. The minimum absolute atomic E-state index is 0.00829. The van der Waals surface area contributed by atoms with E-state index < -0.39 is 0 Å². The summed E-state index contributed by atoms with van der Waals surface area (Å²) in [5.74, 6) is 0.675. The van der Waals surface area contributed by atoms with E-state index in [-0.39, 0.29) is 17.8 Å². The first kappa shape index (κ1) is 18.5. The summed E-state index contributed by atoms with van der Waals surface area (Å²) in [6, 6.07) is 14.9. The lowest BCUT2D eigenvalue weighted by molar-refractivity contribution is 0.102. The number of hydrogen-bond acceptors (Lipinski definition) is 5. The maximum atomic E-state index is 13.0. The number of aromatic nitrogens is 4. The second-order valence-corrected chi connectivity index (χ2v) is 6.70. The number of carbonyl (C=O) groups excluding carboxylic acids is 1. The van der Waals surface area contributed by atoms with Crippen molar-refractivity contribution in [1.82, 2.24) is 19.6 Å². The summed E-state index contributed by atoms with van der Waals surface area (Å²) in [6.07, 6.45) is 1.47. The largest absolute Gasteiger partial charge is 0.363 e. The number of fused-ring (bicyclic) bond motifs is 1. The van der Waals surface area contributed by atoms with Gasteiger partial charge in [0.1, 0.15) is 18.0 Å². The van der Waals surface area contributed by atoms with Crippen LogP contribution in [0.2, 0.25) is 0 Å². The fraction of sp³-hybridized carbons (Fsp3) is 0.143. The Hall–Kier alpha value is -3.81. The Bertz CT molecular complexity index is 1150. The van der Waals surface area contributed by atoms with Gasteiger partial charge in [-0.2, -0.15) is 14.6 Å². The second-order valence-electron chi connectivity index (χ2n) is 6.70. The molecular formula is C21H19FN6O. The Kier molecular flexibility index (Phi) is 4.90. The van der Waals surface area contributed by atoms with Gasteiger partial charge in [0.2, 0.25) is 0 Å². The molecule has 0 saturated carbocycles. The van der Waals surface area contributed by atoms with Gasteiger partial charge in [-0.05, 0) is 55.8 Å². The van der Waals surface area contributed by atoms with Crippen molar-refractivity contribution in [3.8, 4) is 0 Å². The van der Waals surface area contributed by atoms with Crippen LogP contribution in [0, 0.1) is 12.7 Å². The number of amides is 1. The van der Waals surface area contributed by atoms with Crippen LogP contribution in [0.1, 0.15) is 34.6 Å². The van der Waals surface area contributed by atoms with Gasteiger partial charge in [-0.15, -0.1) is 0 Å². The topological polar surface area (TPSA) is 84.2 Å². The summed E-state index contributed by atoms with van der Waals surface area (Å²) in [7, 11) is 0. The predicted molar refractivity (Wildman–Crippen MR) is 108 cm³/mol. The van der Waals surface area contributed by atoms with Gasteiger partial charge in [0.15, 0.2) is 0 Å². The molecule has 0 bridgehead atoms. The molecule has 0 fully saturated rings. The fourth-order valence-corrected chi connectivity index (χ4v) is 3.00. The van der Waals surface area contributed by atoms with Crippen LogP contribution in [-0.4, -0.2) is 25.5 Å². The third-order valence-electron chi connectivity index (χ3n) is 4.52. The van der Waals surface area contributed by atoms with E-state index in [9.17, 15) is 9.18 Å². The first-order chi connectivity index (χ1) is 14.0. The summed E-state index contributed by atoms with van der Waals surface area (Å²) >= 11 is 0. The Labute approximate surface area is 166 Å². The lowest BCUT2D eigenvalue weighted by Gasteiger charge is -2.17. The summed E-state index contributed by atoms with van der Waals surface area (Å²) < 4.78 is 14.6. The van der Waals surface area contributed by atoms with Crippen molar-refractivity contribution in [3.05, 3.63) is 83.6 Å². The van der Waals surface area contributed by atoms with Crippen LogP contribution in [0.3, 0.4) is 0 Å². The molecule has 0 aliphatic carbocycles. The minimum Gasteiger partial charge on any atom is -0.363 e. The normalized spacial score (nSPS) is 12.0. The summed E-state index contributed by atoms with van der Waals surface area (Å²) in [4.78, 5) is 20.7. The van der Waals surface area contributed by atoms with Crippen LogP contribution in [0.4, 0.5) is 15.9 Å². The number of aryl methyl sites for hydroxylation is 1. The van der Waals surface area contributed by atoms with Gasteiger partial charge >= 0.3 is 0 Å². The standard InChI is InChI=1S/C21H19FN6O/c1-13-11-19(28-21(25-13)23-12-24-28)26-14(2)15-5-9-18(10-6-15)27-20(29)16-3-7-17(22)8-4-16/h3-12,14,26H,1-2H3,(H,27,29). The first-order valence-corrected chi connectivity index (χ1v) is 9.10. The molecule has 146 valence electrons. The molecule has 7 nitrogen and oxygen atoms in total. The zero-order valence-electron chi connectivity index (χ0n) is 15.9. The maximum absolute atomic E-state index is 13.0. The van der Waals surface area contributed by atoms with E-state index in [0.717, 1.165) is 17.1 Å². The molecule has 2 heterocycles. The van der Waals surface area contributed by atoms with Crippen molar-refractivity contribution in [1.29, 1.82) is 0 Å². The molecule has 0 aliphatic rings. The van der Waals surface area contributed by atoms with Crippen LogP contribution in [0.5, 0.6) is 0 Å². The van der Waals surface area contributed by atoms with E-state index in [2.05, 4.69) is 25.7 Å². The van der Waals surface area contributed by atoms with Crippen molar-refractivity contribution in [2.24, 2.45) is 0 Å². The van der Waals surface area contributed by atoms with E-state index >= 15 is 0 Å². The third kappa shape index (κ3) is 4.06. The van der Waals surface area contributed by atoms with Crippen molar-refractivity contribution in [2.75, 3.05) is 10.6 Å². The molecule has 29 heavy (non-hydrogen) atoms. The SMILES string of the molecule is Cc1cc(NC(C)c2ccc(NC(=O)c3ccc(F)cc3)cc2)n2ncnc2n1. The van der Waals surface area contributed by atoms with Gasteiger partial charge in [-0.1, -0.05) is 12.1 Å². The average Bonchev–Trinajstić information content (AvgIpc) is 3.17. The molecule has 2 N–H and O–H groups in total. The smallest absolute Gasteiger partial charge is 0.255 e.